The Morgan fingerprint density at radius 3 is 2.38 bits per heavy atom. The molecule has 3 heterocycles. The number of imide groups is 1. The Kier molecular flexibility index (Phi) is 4.86. The van der Waals surface area contributed by atoms with Gasteiger partial charge in [0, 0.05) is 51.9 Å². The maximum atomic E-state index is 14.2. The third-order valence-corrected chi connectivity index (χ3v) is 5.78. The van der Waals surface area contributed by atoms with Crippen LogP contribution in [0.1, 0.15) is 17.5 Å². The van der Waals surface area contributed by atoms with Crippen molar-refractivity contribution in [1.82, 2.24) is 20.2 Å². The zero-order chi connectivity index (χ0) is 22.4. The molecular weight excluding hydrogens is 414 g/mol. The van der Waals surface area contributed by atoms with E-state index in [-0.39, 0.29) is 11.1 Å². The molecular formula is C24H20F2N4O2. The molecule has 8 heteroatoms. The molecule has 1 aliphatic heterocycles. The van der Waals surface area contributed by atoms with Gasteiger partial charge in [-0.15, -0.1) is 0 Å². The topological polar surface area (TPSA) is 78.9 Å². The quantitative estimate of drug-likeness (QED) is 0.321. The van der Waals surface area contributed by atoms with E-state index in [4.69, 9.17) is 0 Å². The van der Waals surface area contributed by atoms with Gasteiger partial charge in [0.2, 0.25) is 0 Å². The standard InChI is InChI=1S/C24H20F2N4O2/c1-27-7-2-8-30-12-18(16-10-14(26)4-6-20(16)30)22-21(23(31)29-24(22)32)17-11-28-19-5-3-13(25)9-15(17)19/h3-6,9-12,27-28H,2,7-8H2,1H3,(H,29,31,32). The predicted molar refractivity (Wildman–Crippen MR) is 119 cm³/mol. The number of nitrogens with zero attached hydrogens (tertiary/aromatic N) is 1. The van der Waals surface area contributed by atoms with Gasteiger partial charge < -0.3 is 14.9 Å². The molecule has 162 valence electrons. The number of benzene rings is 2. The van der Waals surface area contributed by atoms with Crippen LogP contribution in [0.5, 0.6) is 0 Å². The second-order valence-electron chi connectivity index (χ2n) is 7.78. The number of aromatic nitrogens is 2. The summed E-state index contributed by atoms with van der Waals surface area (Å²) in [5.41, 5.74) is 2.59. The van der Waals surface area contributed by atoms with Gasteiger partial charge in [0.05, 0.1) is 11.1 Å². The first-order chi connectivity index (χ1) is 15.5. The van der Waals surface area contributed by atoms with Crippen molar-refractivity contribution < 1.29 is 18.4 Å². The lowest BCUT2D eigenvalue weighted by Crippen LogP contribution is -2.22. The first-order valence-corrected chi connectivity index (χ1v) is 10.3. The molecule has 4 aromatic rings. The van der Waals surface area contributed by atoms with Gasteiger partial charge in [-0.1, -0.05) is 0 Å². The SMILES string of the molecule is CNCCCn1cc(C2=C(c3c[nH]c4ccc(F)cc34)C(=O)NC2=O)c2cc(F)ccc21. The molecule has 0 atom stereocenters. The third kappa shape index (κ3) is 3.20. The number of hydrogen-bond donors (Lipinski definition) is 3. The van der Waals surface area contributed by atoms with Crippen molar-refractivity contribution in [2.45, 2.75) is 13.0 Å². The van der Waals surface area contributed by atoms with Gasteiger partial charge in [-0.2, -0.15) is 0 Å². The molecule has 0 saturated carbocycles. The molecule has 32 heavy (non-hydrogen) atoms. The molecule has 0 bridgehead atoms. The summed E-state index contributed by atoms with van der Waals surface area (Å²) in [6, 6.07) is 8.63. The monoisotopic (exact) mass is 434 g/mol. The zero-order valence-electron chi connectivity index (χ0n) is 17.3. The highest BCUT2D eigenvalue weighted by Gasteiger charge is 2.35. The lowest BCUT2D eigenvalue weighted by atomic mass is 9.95. The van der Waals surface area contributed by atoms with Crippen LogP contribution in [0.2, 0.25) is 0 Å². The van der Waals surface area contributed by atoms with Gasteiger partial charge in [0.25, 0.3) is 11.8 Å². The van der Waals surface area contributed by atoms with Crippen LogP contribution in [-0.4, -0.2) is 35.0 Å². The Balaban J connectivity index is 1.76. The smallest absolute Gasteiger partial charge is 0.259 e. The first kappa shape index (κ1) is 20.1. The van der Waals surface area contributed by atoms with Gasteiger partial charge in [-0.25, -0.2) is 8.78 Å². The summed E-state index contributed by atoms with van der Waals surface area (Å²) in [7, 11) is 1.87. The van der Waals surface area contributed by atoms with Crippen LogP contribution in [0, 0.1) is 11.6 Å². The maximum Gasteiger partial charge on any atom is 0.259 e. The molecule has 5 rings (SSSR count). The molecule has 3 N–H and O–H groups in total. The van der Waals surface area contributed by atoms with Crippen LogP contribution in [0.15, 0.2) is 48.8 Å². The Labute approximate surface area is 181 Å². The number of hydrogen-bond acceptors (Lipinski definition) is 3. The minimum absolute atomic E-state index is 0.144. The third-order valence-electron chi connectivity index (χ3n) is 5.78. The highest BCUT2D eigenvalue weighted by Crippen LogP contribution is 2.38. The van der Waals surface area contributed by atoms with Crippen LogP contribution in [-0.2, 0) is 16.1 Å². The average molecular weight is 434 g/mol. The van der Waals surface area contributed by atoms with Crippen molar-refractivity contribution in [1.29, 1.82) is 0 Å². The van der Waals surface area contributed by atoms with Crippen LogP contribution in [0.25, 0.3) is 33.0 Å². The number of carbonyl (C=O) groups is 2. The van der Waals surface area contributed by atoms with Gasteiger partial charge in [0.1, 0.15) is 11.6 Å². The summed E-state index contributed by atoms with van der Waals surface area (Å²) in [5.74, 6) is -2.02. The number of amides is 2. The number of carbonyl (C=O) groups excluding carboxylic acids is 2. The Morgan fingerprint density at radius 2 is 1.62 bits per heavy atom. The lowest BCUT2D eigenvalue weighted by molar-refractivity contribution is -0.122. The first-order valence-electron chi connectivity index (χ1n) is 10.3. The summed E-state index contributed by atoms with van der Waals surface area (Å²) in [6.45, 7) is 1.45. The van der Waals surface area contributed by atoms with E-state index in [0.717, 1.165) is 18.5 Å². The van der Waals surface area contributed by atoms with Crippen LogP contribution in [0.4, 0.5) is 8.78 Å². The van der Waals surface area contributed by atoms with E-state index in [0.29, 0.717) is 34.0 Å². The van der Waals surface area contributed by atoms with E-state index >= 15 is 0 Å². The molecule has 0 radical (unpaired) electrons. The molecule has 2 amide bonds. The van der Waals surface area contributed by atoms with E-state index in [1.807, 2.05) is 11.6 Å². The summed E-state index contributed by atoms with van der Waals surface area (Å²) in [6.07, 6.45) is 4.20. The predicted octanol–water partition coefficient (Wildman–Crippen LogP) is 3.58. The zero-order valence-corrected chi connectivity index (χ0v) is 17.3. The normalized spacial score (nSPS) is 14.2. The number of halogens is 2. The fourth-order valence-electron chi connectivity index (χ4n) is 4.35. The summed E-state index contributed by atoms with van der Waals surface area (Å²) >= 11 is 0. The molecule has 1 aliphatic rings. The van der Waals surface area contributed by atoms with Gasteiger partial charge >= 0.3 is 0 Å². The van der Waals surface area contributed by atoms with Crippen molar-refractivity contribution in [2.75, 3.05) is 13.6 Å². The highest BCUT2D eigenvalue weighted by atomic mass is 19.1. The molecule has 0 aliphatic carbocycles. The number of aryl methyl sites for hydroxylation is 1. The van der Waals surface area contributed by atoms with E-state index < -0.39 is 23.4 Å². The fraction of sp³-hybridized carbons (Fsp3) is 0.167. The van der Waals surface area contributed by atoms with E-state index in [1.54, 1.807) is 24.5 Å². The number of rotatable bonds is 6. The minimum Gasteiger partial charge on any atom is -0.361 e. The van der Waals surface area contributed by atoms with E-state index in [1.165, 1.54) is 24.3 Å². The van der Waals surface area contributed by atoms with Crippen molar-refractivity contribution >= 4 is 44.8 Å². The van der Waals surface area contributed by atoms with E-state index in [9.17, 15) is 18.4 Å². The lowest BCUT2D eigenvalue weighted by Gasteiger charge is -2.04. The van der Waals surface area contributed by atoms with Crippen LogP contribution < -0.4 is 10.6 Å². The molecule has 6 nitrogen and oxygen atoms in total. The van der Waals surface area contributed by atoms with Gasteiger partial charge in [-0.3, -0.25) is 14.9 Å². The minimum atomic E-state index is -0.567. The second-order valence-corrected chi connectivity index (χ2v) is 7.78. The number of aromatic amines is 1. The van der Waals surface area contributed by atoms with Gasteiger partial charge in [-0.05, 0) is 56.4 Å². The largest absolute Gasteiger partial charge is 0.361 e. The maximum absolute atomic E-state index is 14.2. The second kappa shape index (κ2) is 7.72. The summed E-state index contributed by atoms with van der Waals surface area (Å²) in [4.78, 5) is 28.8. The van der Waals surface area contributed by atoms with Crippen molar-refractivity contribution in [3.05, 3.63) is 71.6 Å². The Bertz CT molecular complexity index is 1430. The van der Waals surface area contributed by atoms with Crippen molar-refractivity contribution in [3.8, 4) is 0 Å². The summed E-state index contributed by atoms with van der Waals surface area (Å²) < 4.78 is 30.1. The molecule has 0 spiro atoms. The molecule has 0 unspecified atom stereocenters. The van der Waals surface area contributed by atoms with Gasteiger partial charge in [0.15, 0.2) is 0 Å². The Morgan fingerprint density at radius 1 is 0.938 bits per heavy atom. The summed E-state index contributed by atoms with van der Waals surface area (Å²) in [5, 5.41) is 6.47. The molecule has 0 saturated heterocycles. The Hall–Kier alpha value is -3.78. The highest BCUT2D eigenvalue weighted by molar-refractivity contribution is 6.50. The van der Waals surface area contributed by atoms with Crippen molar-refractivity contribution in [3.63, 3.8) is 0 Å². The molecule has 0 fully saturated rings. The number of fused-ring (bicyclic) bond motifs is 2. The van der Waals surface area contributed by atoms with Crippen LogP contribution >= 0.6 is 0 Å². The average Bonchev–Trinajstić information content (AvgIpc) is 3.41. The van der Waals surface area contributed by atoms with Crippen molar-refractivity contribution in [2.24, 2.45) is 0 Å². The molecule has 2 aromatic heterocycles. The van der Waals surface area contributed by atoms with Crippen LogP contribution in [0.3, 0.4) is 0 Å². The van der Waals surface area contributed by atoms with E-state index in [2.05, 4.69) is 15.6 Å². The fourth-order valence-corrected chi connectivity index (χ4v) is 4.35. The number of H-pyrrole nitrogens is 1. The molecule has 2 aromatic carbocycles. The number of nitrogens with one attached hydrogen (secondary N) is 3.